The van der Waals surface area contributed by atoms with E-state index in [9.17, 15) is 0 Å². The van der Waals surface area contributed by atoms with Crippen LogP contribution in [0.15, 0.2) is 40.5 Å². The van der Waals surface area contributed by atoms with Gasteiger partial charge in [0.1, 0.15) is 11.5 Å². The highest BCUT2D eigenvalue weighted by molar-refractivity contribution is 7.98. The summed E-state index contributed by atoms with van der Waals surface area (Å²) >= 11 is 1.40. The second kappa shape index (κ2) is 7.79. The Labute approximate surface area is 148 Å². The second-order valence-electron chi connectivity index (χ2n) is 4.80. The molecule has 25 heavy (non-hydrogen) atoms. The monoisotopic (exact) mass is 360 g/mol. The molecule has 0 saturated heterocycles. The fourth-order valence-corrected chi connectivity index (χ4v) is 2.79. The molecule has 0 radical (unpaired) electrons. The zero-order valence-electron chi connectivity index (χ0n) is 13.7. The molecule has 0 atom stereocenters. The molecule has 3 rings (SSSR count). The predicted octanol–water partition coefficient (Wildman–Crippen LogP) is 2.22. The number of methoxy groups -OCH3 is 2. The molecule has 0 unspecified atom stereocenters. The van der Waals surface area contributed by atoms with E-state index in [0.29, 0.717) is 40.7 Å². The highest BCUT2D eigenvalue weighted by Gasteiger charge is 2.15. The zero-order chi connectivity index (χ0) is 17.6. The first kappa shape index (κ1) is 17.0. The van der Waals surface area contributed by atoms with Gasteiger partial charge in [0.15, 0.2) is 0 Å². The number of benzene rings is 1. The molecule has 2 aromatic heterocycles. The van der Waals surface area contributed by atoms with Crippen LogP contribution in [-0.2, 0) is 12.3 Å². The fourth-order valence-electron chi connectivity index (χ4n) is 2.07. The Balaban J connectivity index is 1.74. The van der Waals surface area contributed by atoms with Crippen molar-refractivity contribution < 1.29 is 14.0 Å². The molecule has 0 spiro atoms. The van der Waals surface area contributed by atoms with Gasteiger partial charge in [-0.2, -0.15) is 4.98 Å². The third kappa shape index (κ3) is 3.79. The zero-order valence-corrected chi connectivity index (χ0v) is 14.6. The largest absolute Gasteiger partial charge is 0.497 e. The van der Waals surface area contributed by atoms with Crippen molar-refractivity contribution in [3.8, 4) is 22.9 Å². The number of tetrazole rings is 1. The van der Waals surface area contributed by atoms with Crippen molar-refractivity contribution in [2.45, 2.75) is 17.5 Å². The summed E-state index contributed by atoms with van der Waals surface area (Å²) in [6.45, 7) is 4.21. The van der Waals surface area contributed by atoms with E-state index in [1.54, 1.807) is 31.0 Å². The molecule has 0 aliphatic rings. The summed E-state index contributed by atoms with van der Waals surface area (Å²) in [6, 6.07) is 5.40. The molecule has 1 aromatic carbocycles. The minimum Gasteiger partial charge on any atom is -0.497 e. The lowest BCUT2D eigenvalue weighted by Crippen LogP contribution is -1.99. The number of ether oxygens (including phenoxy) is 2. The normalized spacial score (nSPS) is 10.6. The number of thioether (sulfide) groups is 1. The number of hydrogen-bond donors (Lipinski definition) is 0. The summed E-state index contributed by atoms with van der Waals surface area (Å²) in [6.07, 6.45) is 1.72. The average molecular weight is 360 g/mol. The van der Waals surface area contributed by atoms with Gasteiger partial charge in [0.05, 0.1) is 32.1 Å². The molecule has 130 valence electrons. The smallest absolute Gasteiger partial charge is 0.237 e. The third-order valence-corrected chi connectivity index (χ3v) is 4.19. The second-order valence-corrected chi connectivity index (χ2v) is 5.74. The molecule has 0 N–H and O–H groups in total. The Morgan fingerprint density at radius 3 is 2.96 bits per heavy atom. The van der Waals surface area contributed by atoms with Gasteiger partial charge in [-0.15, -0.1) is 11.7 Å². The minimum atomic E-state index is 0.445. The van der Waals surface area contributed by atoms with E-state index in [-0.39, 0.29) is 0 Å². The van der Waals surface area contributed by atoms with Crippen molar-refractivity contribution in [1.82, 2.24) is 30.3 Å². The van der Waals surface area contributed by atoms with Gasteiger partial charge >= 0.3 is 0 Å². The average Bonchev–Trinajstić information content (AvgIpc) is 3.29. The fraction of sp³-hybridized carbons (Fsp3) is 0.267. The number of hydrogen-bond acceptors (Lipinski definition) is 9. The van der Waals surface area contributed by atoms with Gasteiger partial charge in [-0.25, -0.2) is 4.68 Å². The lowest BCUT2D eigenvalue weighted by molar-refractivity contribution is 0.388. The van der Waals surface area contributed by atoms with Crippen molar-refractivity contribution in [3.63, 3.8) is 0 Å². The molecule has 0 fully saturated rings. The van der Waals surface area contributed by atoms with Crippen LogP contribution in [0.5, 0.6) is 11.5 Å². The Hall–Kier alpha value is -2.88. The Bertz CT molecular complexity index is 863. The van der Waals surface area contributed by atoms with E-state index < -0.39 is 0 Å². The summed E-state index contributed by atoms with van der Waals surface area (Å²) in [5, 5.41) is 16.1. The number of aromatic nitrogens is 6. The predicted molar refractivity (Wildman–Crippen MR) is 90.4 cm³/mol. The molecule has 3 aromatic rings. The van der Waals surface area contributed by atoms with Crippen LogP contribution in [0.3, 0.4) is 0 Å². The number of nitrogens with zero attached hydrogens (tertiary/aromatic N) is 6. The highest BCUT2D eigenvalue weighted by atomic mass is 32.2. The first-order chi connectivity index (χ1) is 12.2. The quantitative estimate of drug-likeness (QED) is 0.442. The molecule has 9 nitrogen and oxygen atoms in total. The maximum absolute atomic E-state index is 5.37. The van der Waals surface area contributed by atoms with E-state index >= 15 is 0 Å². The number of rotatable bonds is 8. The maximum atomic E-state index is 5.37. The molecule has 0 aliphatic heterocycles. The Morgan fingerprint density at radius 1 is 1.32 bits per heavy atom. The molecule has 0 bridgehead atoms. The summed E-state index contributed by atoms with van der Waals surface area (Å²) in [5.74, 6) is 2.65. The molecule has 0 aliphatic carbocycles. The van der Waals surface area contributed by atoms with Crippen LogP contribution in [0, 0.1) is 0 Å². The van der Waals surface area contributed by atoms with Crippen molar-refractivity contribution in [2.75, 3.05) is 14.2 Å². The van der Waals surface area contributed by atoms with Crippen LogP contribution < -0.4 is 9.47 Å². The topological polar surface area (TPSA) is 101 Å². The minimum absolute atomic E-state index is 0.445. The van der Waals surface area contributed by atoms with Gasteiger partial charge in [0.25, 0.3) is 0 Å². The van der Waals surface area contributed by atoms with Crippen molar-refractivity contribution in [1.29, 1.82) is 0 Å². The molecular formula is C15H16N6O3S. The van der Waals surface area contributed by atoms with Crippen molar-refractivity contribution in [3.05, 3.63) is 36.7 Å². The van der Waals surface area contributed by atoms with E-state index in [1.165, 1.54) is 11.8 Å². The van der Waals surface area contributed by atoms with E-state index in [1.807, 2.05) is 12.1 Å². The highest BCUT2D eigenvalue weighted by Crippen LogP contribution is 2.32. The Morgan fingerprint density at radius 2 is 2.20 bits per heavy atom. The van der Waals surface area contributed by atoms with Gasteiger partial charge in [0, 0.05) is 6.07 Å². The van der Waals surface area contributed by atoms with Gasteiger partial charge in [-0.05, 0) is 22.6 Å². The van der Waals surface area contributed by atoms with Gasteiger partial charge in [-0.3, -0.25) is 0 Å². The maximum Gasteiger partial charge on any atom is 0.237 e. The first-order valence-electron chi connectivity index (χ1n) is 7.30. The molecular weight excluding hydrogens is 344 g/mol. The summed E-state index contributed by atoms with van der Waals surface area (Å²) < 4.78 is 17.5. The van der Waals surface area contributed by atoms with Gasteiger partial charge < -0.3 is 14.0 Å². The lowest BCUT2D eigenvalue weighted by atomic mass is 10.2. The van der Waals surface area contributed by atoms with Crippen molar-refractivity contribution in [2.24, 2.45) is 0 Å². The van der Waals surface area contributed by atoms with Crippen molar-refractivity contribution >= 4 is 11.8 Å². The summed E-state index contributed by atoms with van der Waals surface area (Å²) in [4.78, 5) is 4.40. The van der Waals surface area contributed by atoms with Gasteiger partial charge in [0.2, 0.25) is 16.9 Å². The molecule has 0 saturated carbocycles. The van der Waals surface area contributed by atoms with E-state index in [4.69, 9.17) is 14.0 Å². The molecule has 0 amide bonds. The third-order valence-electron chi connectivity index (χ3n) is 3.24. The van der Waals surface area contributed by atoms with Crippen LogP contribution in [0.2, 0.25) is 0 Å². The van der Waals surface area contributed by atoms with Gasteiger partial charge in [-0.1, -0.05) is 23.0 Å². The molecule has 2 heterocycles. The van der Waals surface area contributed by atoms with Crippen LogP contribution in [0.1, 0.15) is 5.89 Å². The summed E-state index contributed by atoms with van der Waals surface area (Å²) in [7, 11) is 3.17. The number of allylic oxidation sites excluding steroid dienone is 1. The van der Waals surface area contributed by atoms with Crippen LogP contribution in [0.4, 0.5) is 0 Å². The SMILES string of the molecule is C=CCn1nnnc1SCc1nc(-c2ccc(OC)cc2OC)no1. The van der Waals surface area contributed by atoms with E-state index in [0.717, 1.165) is 5.56 Å². The molecule has 10 heteroatoms. The van der Waals surface area contributed by atoms with E-state index in [2.05, 4.69) is 32.2 Å². The summed E-state index contributed by atoms with van der Waals surface area (Å²) in [5.41, 5.74) is 0.722. The standard InChI is InChI=1S/C15H16N6O3S/c1-4-7-21-15(17-19-20-21)25-9-13-16-14(18-24-13)11-6-5-10(22-2)8-12(11)23-3/h4-6,8H,1,7,9H2,2-3H3. The van der Waals surface area contributed by atoms with Crippen LogP contribution in [-0.4, -0.2) is 44.6 Å². The lowest BCUT2D eigenvalue weighted by Gasteiger charge is -2.07. The first-order valence-corrected chi connectivity index (χ1v) is 8.28. The van der Waals surface area contributed by atoms with Crippen LogP contribution in [0.25, 0.3) is 11.4 Å². The van der Waals surface area contributed by atoms with Crippen LogP contribution >= 0.6 is 11.8 Å². The Kier molecular flexibility index (Phi) is 5.29.